The Labute approximate surface area is 198 Å². The molecule has 7 heteroatoms. The first-order valence-electron chi connectivity index (χ1n) is 9.96. The number of rotatable bonds is 7. The molecule has 1 aliphatic rings. The van der Waals surface area contributed by atoms with Crippen molar-refractivity contribution in [3.8, 4) is 5.75 Å². The summed E-state index contributed by atoms with van der Waals surface area (Å²) in [6.07, 6.45) is 3.21. The lowest BCUT2D eigenvalue weighted by molar-refractivity contribution is -0.119. The van der Waals surface area contributed by atoms with Crippen LogP contribution in [0.25, 0.3) is 0 Å². The molecule has 2 N–H and O–H groups in total. The highest BCUT2D eigenvalue weighted by atomic mass is 79.9. The third-order valence-corrected chi connectivity index (χ3v) is 6.57. The molecule has 0 spiro atoms. The van der Waals surface area contributed by atoms with Crippen LogP contribution in [0.2, 0.25) is 0 Å². The van der Waals surface area contributed by atoms with Crippen molar-refractivity contribution in [1.82, 2.24) is 0 Å². The molecule has 0 saturated carbocycles. The summed E-state index contributed by atoms with van der Waals surface area (Å²) in [4.78, 5) is 12.2. The second-order valence-electron chi connectivity index (χ2n) is 7.73. The third-order valence-electron chi connectivity index (χ3n) is 4.96. The van der Waals surface area contributed by atoms with Crippen LogP contribution in [-0.4, -0.2) is 22.4 Å². The molecule has 0 radical (unpaired) electrons. The van der Waals surface area contributed by atoms with Crippen molar-refractivity contribution in [3.63, 3.8) is 0 Å². The van der Waals surface area contributed by atoms with E-state index in [0.717, 1.165) is 27.6 Å². The molecule has 2 aromatic carbocycles. The molecule has 164 valence electrons. The first-order valence-corrected chi connectivity index (χ1v) is 11.7. The van der Waals surface area contributed by atoms with Crippen molar-refractivity contribution in [3.05, 3.63) is 81.3 Å². The van der Waals surface area contributed by atoms with Gasteiger partial charge in [0.05, 0.1) is 5.76 Å². The molecule has 0 saturated heterocycles. The van der Waals surface area contributed by atoms with E-state index in [0.29, 0.717) is 23.6 Å². The van der Waals surface area contributed by atoms with Gasteiger partial charge >= 0.3 is 0 Å². The number of ether oxygens (including phenoxy) is 1. The van der Waals surface area contributed by atoms with Gasteiger partial charge < -0.3 is 15.2 Å². The molecule has 0 heterocycles. The number of phenols is 1. The van der Waals surface area contributed by atoms with Crippen LogP contribution in [0, 0.1) is 5.82 Å². The Morgan fingerprint density at radius 3 is 2.74 bits per heavy atom. The van der Waals surface area contributed by atoms with Gasteiger partial charge in [-0.3, -0.25) is 4.79 Å². The van der Waals surface area contributed by atoms with E-state index in [1.165, 1.54) is 18.2 Å². The van der Waals surface area contributed by atoms with Crippen molar-refractivity contribution >= 4 is 43.5 Å². The maximum atomic E-state index is 13.2. The van der Waals surface area contributed by atoms with Crippen LogP contribution in [0.3, 0.4) is 0 Å². The van der Waals surface area contributed by atoms with E-state index in [-0.39, 0.29) is 23.3 Å². The summed E-state index contributed by atoms with van der Waals surface area (Å²) < 4.78 is 19.8. The van der Waals surface area contributed by atoms with E-state index in [1.54, 1.807) is 12.1 Å². The van der Waals surface area contributed by atoms with E-state index in [2.05, 4.69) is 51.0 Å². The van der Waals surface area contributed by atoms with Crippen LogP contribution < -0.4 is 5.32 Å². The Balaban J connectivity index is 1.64. The van der Waals surface area contributed by atoms with E-state index in [1.807, 2.05) is 18.2 Å². The highest BCUT2D eigenvalue weighted by Crippen LogP contribution is 2.36. The normalized spacial score (nSPS) is 16.3. The number of aromatic hydroxyl groups is 1. The lowest BCUT2D eigenvalue weighted by Crippen LogP contribution is -2.20. The van der Waals surface area contributed by atoms with Gasteiger partial charge in [0.15, 0.2) is 6.61 Å². The Bertz CT molecular complexity index is 1030. The van der Waals surface area contributed by atoms with Crippen LogP contribution in [0.5, 0.6) is 5.75 Å². The first kappa shape index (κ1) is 23.5. The minimum Gasteiger partial charge on any atom is -0.508 e. The first-order chi connectivity index (χ1) is 14.7. The van der Waals surface area contributed by atoms with E-state index in [4.69, 9.17) is 4.74 Å². The Kier molecular flexibility index (Phi) is 7.94. The van der Waals surface area contributed by atoms with Crippen molar-refractivity contribution in [2.45, 2.75) is 37.4 Å². The predicted octanol–water partition coefficient (Wildman–Crippen LogP) is 6.55. The smallest absolute Gasteiger partial charge is 0.262 e. The quantitative estimate of drug-likeness (QED) is 0.383. The lowest BCUT2D eigenvalue weighted by atomic mass is 9.93. The van der Waals surface area contributed by atoms with E-state index < -0.39 is 5.82 Å². The summed E-state index contributed by atoms with van der Waals surface area (Å²) in [6, 6.07) is 11.4. The molecule has 0 bridgehead atoms. The van der Waals surface area contributed by atoms with Gasteiger partial charge in [-0.05, 0) is 59.4 Å². The van der Waals surface area contributed by atoms with Crippen molar-refractivity contribution in [2.75, 3.05) is 11.9 Å². The fraction of sp³-hybridized carbons (Fsp3) is 0.292. The number of carbonyl (C=O) groups excluding carboxylic acids is 1. The van der Waals surface area contributed by atoms with Crippen LogP contribution in [-0.2, 0) is 16.0 Å². The zero-order valence-electron chi connectivity index (χ0n) is 17.3. The summed E-state index contributed by atoms with van der Waals surface area (Å²) in [5.74, 6) is 0.473. The number of benzene rings is 2. The van der Waals surface area contributed by atoms with Crippen molar-refractivity contribution < 1.29 is 19.0 Å². The summed E-state index contributed by atoms with van der Waals surface area (Å²) >= 11 is 7.35. The largest absolute Gasteiger partial charge is 0.508 e. The average molecular weight is 553 g/mol. The van der Waals surface area contributed by atoms with E-state index >= 15 is 0 Å². The lowest BCUT2D eigenvalue weighted by Gasteiger charge is -2.23. The fourth-order valence-electron chi connectivity index (χ4n) is 3.36. The van der Waals surface area contributed by atoms with Gasteiger partial charge in [-0.25, -0.2) is 4.39 Å². The molecule has 4 nitrogen and oxygen atoms in total. The number of halogens is 3. The maximum Gasteiger partial charge on any atom is 0.262 e. The second-order valence-corrected chi connectivity index (χ2v) is 9.69. The minimum atomic E-state index is -0.411. The summed E-state index contributed by atoms with van der Waals surface area (Å²) in [5.41, 5.74) is 3.60. The van der Waals surface area contributed by atoms with Gasteiger partial charge in [-0.15, -0.1) is 0 Å². The number of nitrogens with one attached hydrogen (secondary N) is 1. The Morgan fingerprint density at radius 2 is 2.06 bits per heavy atom. The zero-order valence-corrected chi connectivity index (χ0v) is 20.5. The number of amides is 1. The van der Waals surface area contributed by atoms with Gasteiger partial charge in [0.2, 0.25) is 0 Å². The monoisotopic (exact) mass is 551 g/mol. The highest BCUT2D eigenvalue weighted by molar-refractivity contribution is 9.12. The number of hydrogen-bond acceptors (Lipinski definition) is 3. The van der Waals surface area contributed by atoms with Crippen LogP contribution in [0.15, 0.2) is 64.4 Å². The van der Waals surface area contributed by atoms with Crippen LogP contribution >= 0.6 is 31.9 Å². The van der Waals surface area contributed by atoms with E-state index in [9.17, 15) is 14.3 Å². The molecule has 1 amide bonds. The standard InChI is InChI=1S/C24H24Br2FNO3/c1-14(2)19-8-15(6-7-23(19)29)9-20-21(25)11-18(12-22(20)26)31-13-24(30)28-17-5-3-4-16(27)10-17/h3-8,10-11,14,22,29H,9,12-13H2,1-2H3,(H,28,30). The minimum absolute atomic E-state index is 0.0458. The maximum absolute atomic E-state index is 13.2. The summed E-state index contributed by atoms with van der Waals surface area (Å²) in [5, 5.41) is 12.7. The molecule has 1 unspecified atom stereocenters. The molecule has 31 heavy (non-hydrogen) atoms. The van der Waals surface area contributed by atoms with Crippen molar-refractivity contribution in [2.24, 2.45) is 0 Å². The number of anilines is 1. The van der Waals surface area contributed by atoms with Crippen molar-refractivity contribution in [1.29, 1.82) is 0 Å². The van der Waals surface area contributed by atoms with Gasteiger partial charge in [-0.1, -0.05) is 63.9 Å². The number of phenolic OH excluding ortho intramolecular Hbond substituents is 1. The van der Waals surface area contributed by atoms with Gasteiger partial charge in [0.1, 0.15) is 11.6 Å². The molecule has 1 aliphatic carbocycles. The molecule has 0 fully saturated rings. The fourth-order valence-corrected chi connectivity index (χ4v) is 5.06. The number of alkyl halides is 1. The highest BCUT2D eigenvalue weighted by Gasteiger charge is 2.23. The molecule has 0 aromatic heterocycles. The molecular formula is C24H24Br2FNO3. The molecule has 0 aliphatic heterocycles. The molecular weight excluding hydrogens is 529 g/mol. The molecule has 3 rings (SSSR count). The zero-order chi connectivity index (χ0) is 22.5. The second kappa shape index (κ2) is 10.5. The van der Waals surface area contributed by atoms with Gasteiger partial charge in [0, 0.05) is 21.4 Å². The Hall–Kier alpha value is -2.12. The SMILES string of the molecule is CC(C)c1cc(CC2=C(Br)C=C(OCC(=O)Nc3cccc(F)c3)CC2Br)ccc1O. The third kappa shape index (κ3) is 6.43. The average Bonchev–Trinajstić information content (AvgIpc) is 2.70. The number of carbonyl (C=O) groups is 1. The molecule has 2 aromatic rings. The van der Waals surface area contributed by atoms with Gasteiger partial charge in [0.25, 0.3) is 5.91 Å². The van der Waals surface area contributed by atoms with Gasteiger partial charge in [-0.2, -0.15) is 0 Å². The topological polar surface area (TPSA) is 58.6 Å². The summed E-state index contributed by atoms with van der Waals surface area (Å²) in [6.45, 7) is 3.95. The molecule has 1 atom stereocenters. The number of allylic oxidation sites excluding steroid dienone is 4. The van der Waals surface area contributed by atoms with Crippen LogP contribution in [0.1, 0.15) is 37.3 Å². The number of hydrogen-bond donors (Lipinski definition) is 2. The predicted molar refractivity (Wildman–Crippen MR) is 128 cm³/mol. The summed E-state index contributed by atoms with van der Waals surface area (Å²) in [7, 11) is 0. The Morgan fingerprint density at radius 1 is 1.29 bits per heavy atom. The van der Waals surface area contributed by atoms with Crippen LogP contribution in [0.4, 0.5) is 10.1 Å².